The van der Waals surface area contributed by atoms with Crippen molar-refractivity contribution in [1.29, 1.82) is 0 Å². The number of hydrogen-bond acceptors (Lipinski definition) is 5. The van der Waals surface area contributed by atoms with Crippen LogP contribution < -0.4 is 10.1 Å². The normalized spacial score (nSPS) is 11.3. The van der Waals surface area contributed by atoms with E-state index in [1.165, 1.54) is 6.92 Å². The molecule has 2 aromatic rings. The van der Waals surface area contributed by atoms with Crippen LogP contribution in [0.1, 0.15) is 19.4 Å². The molecule has 154 valence electrons. The lowest BCUT2D eigenvalue weighted by Gasteiger charge is -2.25. The Morgan fingerprint density at radius 2 is 1.59 bits per heavy atom. The smallest absolute Gasteiger partial charge is 0.404 e. The van der Waals surface area contributed by atoms with Crippen LogP contribution in [0.2, 0.25) is 5.02 Å². The van der Waals surface area contributed by atoms with Crippen LogP contribution in [0.15, 0.2) is 48.5 Å². The number of benzene rings is 2. The Hall–Kier alpha value is -3.26. The summed E-state index contributed by atoms with van der Waals surface area (Å²) in [6.45, 7) is 2.27. The van der Waals surface area contributed by atoms with Crippen molar-refractivity contribution < 1.29 is 29.1 Å². The van der Waals surface area contributed by atoms with E-state index in [9.17, 15) is 14.4 Å². The number of rotatable bonds is 7. The van der Waals surface area contributed by atoms with Crippen LogP contribution in [0.3, 0.4) is 0 Å². The van der Waals surface area contributed by atoms with E-state index >= 15 is 0 Å². The molecule has 2 aromatic carbocycles. The highest BCUT2D eigenvalue weighted by atomic mass is 35.5. The van der Waals surface area contributed by atoms with Gasteiger partial charge in [0.05, 0.1) is 12.6 Å². The molecule has 9 heteroatoms. The highest BCUT2D eigenvalue weighted by Crippen LogP contribution is 2.23. The van der Waals surface area contributed by atoms with E-state index in [1.807, 2.05) is 0 Å². The second kappa shape index (κ2) is 10.3. The lowest BCUT2D eigenvalue weighted by molar-refractivity contribution is -0.196. The van der Waals surface area contributed by atoms with Gasteiger partial charge in [-0.25, -0.2) is 4.79 Å². The van der Waals surface area contributed by atoms with Crippen LogP contribution in [0.4, 0.5) is 4.79 Å². The molecule has 0 radical (unpaired) electrons. The first-order valence-electron chi connectivity index (χ1n) is 8.71. The van der Waals surface area contributed by atoms with Gasteiger partial charge in [-0.1, -0.05) is 23.7 Å². The second-order valence-electron chi connectivity index (χ2n) is 6.21. The van der Waals surface area contributed by atoms with E-state index in [1.54, 1.807) is 48.5 Å². The molecule has 0 aliphatic heterocycles. The van der Waals surface area contributed by atoms with Gasteiger partial charge in [-0.3, -0.25) is 9.59 Å². The summed E-state index contributed by atoms with van der Waals surface area (Å²) >= 11 is 5.85. The molecule has 0 aliphatic carbocycles. The predicted octanol–water partition coefficient (Wildman–Crippen LogP) is 3.64. The molecule has 2 N–H and O–H groups in total. The number of nitrogens with one attached hydrogen (secondary N) is 1. The van der Waals surface area contributed by atoms with Crippen LogP contribution in [0.25, 0.3) is 0 Å². The van der Waals surface area contributed by atoms with Gasteiger partial charge in [0.1, 0.15) is 11.5 Å². The first-order valence-corrected chi connectivity index (χ1v) is 9.09. The van der Waals surface area contributed by atoms with E-state index in [4.69, 9.17) is 26.3 Å². The highest BCUT2D eigenvalue weighted by molar-refractivity contribution is 6.30. The van der Waals surface area contributed by atoms with Gasteiger partial charge in [0, 0.05) is 18.9 Å². The van der Waals surface area contributed by atoms with Gasteiger partial charge in [-0.2, -0.15) is 5.06 Å². The number of carboxylic acid groups (broad SMARTS) is 1. The van der Waals surface area contributed by atoms with Gasteiger partial charge in [0.15, 0.2) is 0 Å². The zero-order valence-electron chi connectivity index (χ0n) is 15.9. The largest absolute Gasteiger partial charge is 0.465 e. The van der Waals surface area contributed by atoms with Gasteiger partial charge in [-0.05, 0) is 48.4 Å². The minimum absolute atomic E-state index is 0.121. The molecule has 0 bridgehead atoms. The van der Waals surface area contributed by atoms with Crippen LogP contribution >= 0.6 is 11.6 Å². The van der Waals surface area contributed by atoms with Crippen molar-refractivity contribution in [3.05, 3.63) is 59.1 Å². The topological polar surface area (TPSA) is 105 Å². The fourth-order valence-corrected chi connectivity index (χ4v) is 2.66. The first kappa shape index (κ1) is 22.0. The number of hydrogen-bond donors (Lipinski definition) is 2. The molecule has 0 aliphatic rings. The molecule has 1 atom stereocenters. The summed E-state index contributed by atoms with van der Waals surface area (Å²) in [6.07, 6.45) is -0.970. The molecule has 0 unspecified atom stereocenters. The maximum absolute atomic E-state index is 11.6. The average molecular weight is 421 g/mol. The predicted molar refractivity (Wildman–Crippen MR) is 106 cm³/mol. The van der Waals surface area contributed by atoms with Gasteiger partial charge >= 0.3 is 12.1 Å². The Kier molecular flexibility index (Phi) is 7.85. The Balaban J connectivity index is 2.05. The maximum atomic E-state index is 11.6. The molecule has 0 fully saturated rings. The quantitative estimate of drug-likeness (QED) is 0.662. The highest BCUT2D eigenvalue weighted by Gasteiger charge is 2.21. The molecule has 2 amide bonds. The summed E-state index contributed by atoms with van der Waals surface area (Å²) < 4.78 is 5.72. The minimum atomic E-state index is -1.25. The van der Waals surface area contributed by atoms with Crippen LogP contribution in [0.5, 0.6) is 11.5 Å². The Bertz CT molecular complexity index is 854. The fourth-order valence-electron chi connectivity index (χ4n) is 2.54. The van der Waals surface area contributed by atoms with E-state index < -0.39 is 24.0 Å². The van der Waals surface area contributed by atoms with E-state index in [0.717, 1.165) is 17.6 Å². The summed E-state index contributed by atoms with van der Waals surface area (Å²) in [5.41, 5.74) is 0.804. The van der Waals surface area contributed by atoms with E-state index in [0.29, 0.717) is 16.5 Å². The fraction of sp³-hybridized carbons (Fsp3) is 0.250. The van der Waals surface area contributed by atoms with E-state index in [-0.39, 0.29) is 13.0 Å². The van der Waals surface area contributed by atoms with Crippen molar-refractivity contribution in [2.24, 2.45) is 0 Å². The standard InChI is InChI=1S/C20H21ClN2O6/c1-13(24)23(29-14(2)25)12-17(22-20(26)27)11-15-3-7-18(8-4-15)28-19-9-5-16(21)6-10-19/h3-10,17,22H,11-12H2,1-2H3,(H,26,27)/t17-/m0/s1. The zero-order chi connectivity index (χ0) is 21.4. The molecule has 0 heterocycles. The number of halogens is 1. The summed E-state index contributed by atoms with van der Waals surface area (Å²) in [5, 5.41) is 12.8. The number of hydroxylamine groups is 2. The van der Waals surface area contributed by atoms with Gasteiger partial charge in [0.25, 0.3) is 5.91 Å². The lowest BCUT2D eigenvalue weighted by atomic mass is 10.1. The van der Waals surface area contributed by atoms with Crippen molar-refractivity contribution in [3.8, 4) is 11.5 Å². The molecule has 0 saturated heterocycles. The van der Waals surface area contributed by atoms with Crippen LogP contribution in [0, 0.1) is 0 Å². The summed E-state index contributed by atoms with van der Waals surface area (Å²) in [4.78, 5) is 38.7. The van der Waals surface area contributed by atoms with Gasteiger partial charge in [-0.15, -0.1) is 0 Å². The van der Waals surface area contributed by atoms with Gasteiger partial charge < -0.3 is 20.0 Å². The molecule has 0 aromatic heterocycles. The Labute approximate surface area is 172 Å². The second-order valence-corrected chi connectivity index (χ2v) is 6.65. The third kappa shape index (κ3) is 7.71. The monoisotopic (exact) mass is 420 g/mol. The number of ether oxygens (including phenoxy) is 1. The summed E-state index contributed by atoms with van der Waals surface area (Å²) in [7, 11) is 0. The number of carbonyl (C=O) groups is 3. The van der Waals surface area contributed by atoms with Crippen LogP contribution in [-0.2, 0) is 20.8 Å². The SMILES string of the molecule is CC(=O)ON(C[C@H](Cc1ccc(Oc2ccc(Cl)cc2)cc1)NC(=O)O)C(C)=O. The number of carbonyl (C=O) groups excluding carboxylic acids is 2. The third-order valence-electron chi connectivity index (χ3n) is 3.76. The average Bonchev–Trinajstić information content (AvgIpc) is 2.63. The number of amides is 2. The molecule has 8 nitrogen and oxygen atoms in total. The van der Waals surface area contributed by atoms with Crippen molar-refractivity contribution in [2.45, 2.75) is 26.3 Å². The van der Waals surface area contributed by atoms with Crippen molar-refractivity contribution in [1.82, 2.24) is 10.4 Å². The Morgan fingerprint density at radius 1 is 1.03 bits per heavy atom. The molecular weight excluding hydrogens is 400 g/mol. The first-order chi connectivity index (χ1) is 13.7. The number of nitrogens with zero attached hydrogens (tertiary/aromatic N) is 1. The van der Waals surface area contributed by atoms with Crippen molar-refractivity contribution in [2.75, 3.05) is 6.54 Å². The van der Waals surface area contributed by atoms with Crippen molar-refractivity contribution >= 4 is 29.6 Å². The lowest BCUT2D eigenvalue weighted by Crippen LogP contribution is -2.46. The van der Waals surface area contributed by atoms with E-state index in [2.05, 4.69) is 5.32 Å². The summed E-state index contributed by atoms with van der Waals surface area (Å²) in [5.74, 6) is 0.0530. The van der Waals surface area contributed by atoms with Crippen LogP contribution in [-0.4, -0.2) is 40.7 Å². The third-order valence-corrected chi connectivity index (χ3v) is 4.01. The molecule has 29 heavy (non-hydrogen) atoms. The minimum Gasteiger partial charge on any atom is -0.465 e. The molecule has 0 spiro atoms. The van der Waals surface area contributed by atoms with Crippen molar-refractivity contribution in [3.63, 3.8) is 0 Å². The molecule has 0 saturated carbocycles. The van der Waals surface area contributed by atoms with Gasteiger partial charge in [0.2, 0.25) is 0 Å². The summed E-state index contributed by atoms with van der Waals surface area (Å²) in [6, 6.07) is 13.3. The Morgan fingerprint density at radius 3 is 2.07 bits per heavy atom. The molecular formula is C20H21ClN2O6. The maximum Gasteiger partial charge on any atom is 0.404 e. The zero-order valence-corrected chi connectivity index (χ0v) is 16.7. The molecule has 2 rings (SSSR count).